The van der Waals surface area contributed by atoms with Crippen molar-refractivity contribution in [3.63, 3.8) is 0 Å². The molecular weight excluding hydrogens is 1080 g/mol. The van der Waals surface area contributed by atoms with Crippen LogP contribution < -0.4 is 0 Å². The Balaban J connectivity index is 1.27. The zero-order chi connectivity index (χ0) is 55.4. The first-order chi connectivity index (χ1) is 38.4. The van der Waals surface area contributed by atoms with Crippen LogP contribution >= 0.6 is 68.0 Å². The van der Waals surface area contributed by atoms with Gasteiger partial charge < -0.3 is 4.74 Å². The number of benzene rings is 3. The Bertz CT molecular complexity index is 3420. The van der Waals surface area contributed by atoms with Crippen LogP contribution in [0.2, 0.25) is 0 Å². The van der Waals surface area contributed by atoms with Gasteiger partial charge in [0.05, 0.1) is 15.1 Å². The molecule has 0 saturated heterocycles. The molecule has 4 nitrogen and oxygen atoms in total. The summed E-state index contributed by atoms with van der Waals surface area (Å²) in [6.45, 7) is 19.7. The molecule has 0 N–H and O–H groups in total. The maximum absolute atomic E-state index is 14.9. The van der Waals surface area contributed by atoms with Crippen LogP contribution in [0.4, 0.5) is 0 Å². The normalized spacial score (nSPS) is 15.2. The first-order valence-corrected chi connectivity index (χ1v) is 34.6. The third-order valence-electron chi connectivity index (χ3n) is 17.4. The number of nitrogens with zero attached hydrogens (tertiary/aromatic N) is 1. The van der Waals surface area contributed by atoms with Gasteiger partial charge in [0, 0.05) is 102 Å². The highest BCUT2D eigenvalue weighted by Gasteiger charge is 2.44. The number of carbonyl (C=O) groups is 2. The van der Waals surface area contributed by atoms with Crippen LogP contribution in [0.25, 0.3) is 60.9 Å². The van der Waals surface area contributed by atoms with Gasteiger partial charge in [0.15, 0.2) is 0 Å². The molecular formula is C69H81NO3S6. The fourth-order valence-corrected chi connectivity index (χ4v) is 20.9. The summed E-state index contributed by atoms with van der Waals surface area (Å²) in [5.74, 6) is 1.02. The molecule has 10 rings (SSSR count). The van der Waals surface area contributed by atoms with E-state index in [9.17, 15) is 9.59 Å². The molecule has 0 fully saturated rings. The van der Waals surface area contributed by atoms with E-state index in [1.165, 1.54) is 138 Å². The van der Waals surface area contributed by atoms with E-state index in [2.05, 4.69) is 152 Å². The molecule has 7 heterocycles. The number of unbranched alkanes of at least 4 members (excludes halogenated alkanes) is 3. The van der Waals surface area contributed by atoms with Gasteiger partial charge in [-0.25, -0.2) is 0 Å². The van der Waals surface area contributed by atoms with E-state index in [-0.39, 0.29) is 17.2 Å². The van der Waals surface area contributed by atoms with Crippen molar-refractivity contribution in [2.75, 3.05) is 20.3 Å². The lowest BCUT2D eigenvalue weighted by Gasteiger charge is -2.30. The van der Waals surface area contributed by atoms with Crippen LogP contribution in [0.3, 0.4) is 0 Å². The predicted octanol–water partition coefficient (Wildman–Crippen LogP) is 22.3. The summed E-state index contributed by atoms with van der Waals surface area (Å²) in [4.78, 5) is 42.2. The lowest BCUT2D eigenvalue weighted by atomic mass is 9.76. The first kappa shape index (κ1) is 58.0. The summed E-state index contributed by atoms with van der Waals surface area (Å²) in [5.41, 5.74) is 5.39. The molecule has 0 bridgehead atoms. The molecule has 0 spiro atoms. The van der Waals surface area contributed by atoms with Gasteiger partial charge in [-0.1, -0.05) is 187 Å². The first-order valence-electron chi connectivity index (χ1n) is 29.7. The molecule has 2 amide bonds. The van der Waals surface area contributed by atoms with Crippen molar-refractivity contribution in [1.29, 1.82) is 0 Å². The van der Waals surface area contributed by atoms with Crippen LogP contribution in [0.15, 0.2) is 97.1 Å². The minimum atomic E-state index is -0.391. The Morgan fingerprint density at radius 3 is 1.65 bits per heavy atom. The number of hydrogen-bond donors (Lipinski definition) is 0. The second-order valence-electron chi connectivity index (χ2n) is 22.9. The van der Waals surface area contributed by atoms with Crippen LogP contribution in [-0.4, -0.2) is 37.0 Å². The van der Waals surface area contributed by atoms with Crippen molar-refractivity contribution >= 4 is 110 Å². The van der Waals surface area contributed by atoms with E-state index in [4.69, 9.17) is 4.74 Å². The van der Waals surface area contributed by atoms with Crippen LogP contribution in [0, 0.1) is 11.8 Å². The lowest BCUT2D eigenvalue weighted by molar-refractivity contribution is 0.0640. The number of rotatable bonds is 28. The maximum atomic E-state index is 14.9. The molecule has 3 unspecified atom stereocenters. The Hall–Kier alpha value is -4.26. The Morgan fingerprint density at radius 1 is 0.519 bits per heavy atom. The van der Waals surface area contributed by atoms with Gasteiger partial charge in [-0.15, -0.1) is 68.0 Å². The van der Waals surface area contributed by atoms with Crippen molar-refractivity contribution in [3.8, 4) is 30.6 Å². The Morgan fingerprint density at radius 2 is 1.09 bits per heavy atom. The third kappa shape index (κ3) is 11.2. The fourth-order valence-electron chi connectivity index (χ4n) is 12.6. The molecule has 10 heteroatoms. The average Bonchev–Trinajstić information content (AvgIpc) is 4.52. The minimum absolute atomic E-state index is 0.161. The van der Waals surface area contributed by atoms with Crippen molar-refractivity contribution in [1.82, 2.24) is 4.90 Å². The molecule has 0 aliphatic carbocycles. The molecule has 0 saturated carbocycles. The van der Waals surface area contributed by atoms with Gasteiger partial charge >= 0.3 is 0 Å². The summed E-state index contributed by atoms with van der Waals surface area (Å²) in [5, 5.41) is 3.66. The largest absolute Gasteiger partial charge is 0.385 e. The summed E-state index contributed by atoms with van der Waals surface area (Å²) < 4.78 is 9.18. The van der Waals surface area contributed by atoms with Gasteiger partial charge in [0.2, 0.25) is 0 Å². The monoisotopic (exact) mass is 1160 g/mol. The van der Waals surface area contributed by atoms with Crippen LogP contribution in [0.5, 0.6) is 0 Å². The number of imide groups is 1. The van der Waals surface area contributed by atoms with Crippen molar-refractivity contribution < 1.29 is 14.3 Å². The van der Waals surface area contributed by atoms with Crippen LogP contribution in [-0.2, 0) is 28.4 Å². The quantitative estimate of drug-likeness (QED) is 0.0363. The topological polar surface area (TPSA) is 46.6 Å². The highest BCUT2D eigenvalue weighted by Crippen LogP contribution is 2.59. The molecule has 79 heavy (non-hydrogen) atoms. The second-order valence-corrected chi connectivity index (χ2v) is 29.3. The summed E-state index contributed by atoms with van der Waals surface area (Å²) in [6.07, 6.45) is 18.0. The Labute approximate surface area is 495 Å². The number of hydrogen-bond acceptors (Lipinski definition) is 9. The van der Waals surface area contributed by atoms with Crippen LogP contribution in [0.1, 0.15) is 196 Å². The molecule has 4 atom stereocenters. The number of thiophene rings is 6. The zero-order valence-corrected chi connectivity index (χ0v) is 53.1. The van der Waals surface area contributed by atoms with E-state index >= 15 is 0 Å². The summed E-state index contributed by atoms with van der Waals surface area (Å²) in [7, 11) is 1.67. The molecule has 6 aromatic heterocycles. The molecule has 1 aliphatic rings. The number of methoxy groups -OCH3 is 1. The predicted molar refractivity (Wildman–Crippen MR) is 349 cm³/mol. The third-order valence-corrected chi connectivity index (χ3v) is 25.2. The van der Waals surface area contributed by atoms with E-state index in [0.29, 0.717) is 41.8 Å². The number of carbonyl (C=O) groups excluding carboxylic acids is 2. The van der Waals surface area contributed by atoms with E-state index in [1.54, 1.807) is 18.4 Å². The SMILES string of the molecule is CCCCC(CC)Cc1ccc(-c2c3cc([C@](C)(CCC)c4ccccc4)sc3c(-c3ccc(CC(CC)CCCC)s3)c3cc(-c4sc(C(C)(CCCC)c5ccccc5)c5c6c(sc45)C(=O)N(CCCOC)C6=O)sc23)s1. The van der Waals surface area contributed by atoms with Crippen molar-refractivity contribution in [3.05, 3.63) is 138 Å². The highest BCUT2D eigenvalue weighted by atomic mass is 32.1. The molecule has 0 radical (unpaired) electrons. The molecule has 416 valence electrons. The van der Waals surface area contributed by atoms with Gasteiger partial charge in [0.1, 0.15) is 4.88 Å². The fraction of sp³-hybridized carbons (Fsp3) is 0.449. The average molecular weight is 1160 g/mol. The minimum Gasteiger partial charge on any atom is -0.385 e. The second kappa shape index (κ2) is 25.5. The molecule has 1 aliphatic heterocycles. The van der Waals surface area contributed by atoms with Gasteiger partial charge in [0.25, 0.3) is 11.8 Å². The zero-order valence-electron chi connectivity index (χ0n) is 48.2. The lowest BCUT2D eigenvalue weighted by Crippen LogP contribution is -2.31. The summed E-state index contributed by atoms with van der Waals surface area (Å²) in [6, 6.07) is 37.1. The van der Waals surface area contributed by atoms with Crippen molar-refractivity contribution in [2.45, 2.75) is 169 Å². The smallest absolute Gasteiger partial charge is 0.271 e. The molecule has 9 aromatic rings. The van der Waals surface area contributed by atoms with Gasteiger partial charge in [-0.05, 0) is 91.5 Å². The highest BCUT2D eigenvalue weighted by molar-refractivity contribution is 7.32. The Kier molecular flexibility index (Phi) is 18.7. The summed E-state index contributed by atoms with van der Waals surface area (Å²) >= 11 is 11.4. The standard InChI is InChI=1S/C69H81NO3S6/c1-10-16-26-44(14-5)40-48-32-34-52(74-48)56-50-42-54(62-63-58(59-64(78-63)67(72)70(66(59)71)38-25-39-73-9)65(79-62)69(8,37-18-12-3)47-30-23-20-24-31-47)76-60(50)57(53-35-33-49(75-53)41-45(15-6)27-17-11-2)51-43-55(77-61(51)56)68(7,36-13-4)46-28-21-19-22-29-46/h19-24,28-35,42-45H,10-18,25-27,36-41H2,1-9H3/t44?,45?,68-,69?/m1/s1. The maximum Gasteiger partial charge on any atom is 0.271 e. The number of ether oxygens (including phenoxy) is 1. The number of fused-ring (bicyclic) bond motifs is 5. The van der Waals surface area contributed by atoms with Crippen molar-refractivity contribution in [2.24, 2.45) is 11.8 Å². The van der Waals surface area contributed by atoms with Gasteiger partial charge in [-0.3, -0.25) is 14.5 Å². The van der Waals surface area contributed by atoms with Gasteiger partial charge in [-0.2, -0.15) is 0 Å². The molecule has 3 aromatic carbocycles. The van der Waals surface area contributed by atoms with E-state index in [1.807, 2.05) is 56.7 Å². The van der Waals surface area contributed by atoms with E-state index in [0.717, 1.165) is 55.0 Å². The van der Waals surface area contributed by atoms with E-state index < -0.39 is 5.41 Å². The number of amides is 2.